The Labute approximate surface area is 169 Å². The maximum absolute atomic E-state index is 13.7. The monoisotopic (exact) mass is 390 g/mol. The number of nitrogens with one attached hydrogen (secondary N) is 2. The van der Waals surface area contributed by atoms with Gasteiger partial charge in [0.25, 0.3) is 0 Å². The second-order valence-corrected chi connectivity index (χ2v) is 7.43. The van der Waals surface area contributed by atoms with Crippen molar-refractivity contribution in [3.8, 4) is 17.3 Å². The number of allylic oxidation sites excluding steroid dienone is 1. The summed E-state index contributed by atoms with van der Waals surface area (Å²) in [7, 11) is 0. The van der Waals surface area contributed by atoms with Crippen LogP contribution in [0.1, 0.15) is 37.2 Å². The van der Waals surface area contributed by atoms with Gasteiger partial charge >= 0.3 is 0 Å². The number of rotatable bonds is 7. The van der Waals surface area contributed by atoms with E-state index in [-0.39, 0.29) is 0 Å². The van der Waals surface area contributed by atoms with Crippen molar-refractivity contribution in [2.75, 3.05) is 6.54 Å². The zero-order valence-corrected chi connectivity index (χ0v) is 16.7. The second kappa shape index (κ2) is 8.23. The Morgan fingerprint density at radius 3 is 2.83 bits per heavy atom. The largest absolute Gasteiger partial charge is 0.390 e. The van der Waals surface area contributed by atoms with Gasteiger partial charge in [-0.15, -0.1) is 0 Å². The normalized spacial score (nSPS) is 12.0. The van der Waals surface area contributed by atoms with Crippen LogP contribution in [-0.2, 0) is 0 Å². The molecular formula is C22H23FN6. The Morgan fingerprint density at radius 2 is 2.14 bits per heavy atom. The number of alkyl halides is 1. The van der Waals surface area contributed by atoms with Crippen LogP contribution in [-0.4, -0.2) is 32.8 Å². The van der Waals surface area contributed by atoms with Crippen molar-refractivity contribution in [2.24, 2.45) is 0 Å². The average molecular weight is 390 g/mol. The number of hydrogen-bond acceptors (Lipinski definition) is 5. The van der Waals surface area contributed by atoms with Crippen molar-refractivity contribution < 1.29 is 4.39 Å². The smallest absolute Gasteiger partial charge is 0.141 e. The topological polar surface area (TPSA) is 89.9 Å². The van der Waals surface area contributed by atoms with Crippen LogP contribution in [0.25, 0.3) is 22.5 Å². The van der Waals surface area contributed by atoms with E-state index < -0.39 is 5.67 Å². The quantitative estimate of drug-likeness (QED) is 0.465. The van der Waals surface area contributed by atoms with E-state index in [2.05, 4.69) is 21.4 Å². The van der Waals surface area contributed by atoms with Crippen molar-refractivity contribution in [3.63, 3.8) is 0 Å². The molecule has 6 nitrogen and oxygen atoms in total. The average Bonchev–Trinajstić information content (AvgIpc) is 3.06. The highest BCUT2D eigenvalue weighted by atomic mass is 19.1. The molecule has 3 rings (SSSR count). The first-order valence-corrected chi connectivity index (χ1v) is 9.31. The van der Waals surface area contributed by atoms with Gasteiger partial charge in [0.15, 0.2) is 0 Å². The lowest BCUT2D eigenvalue weighted by atomic mass is 10.0. The molecule has 0 aliphatic rings. The van der Waals surface area contributed by atoms with Gasteiger partial charge < -0.3 is 15.1 Å². The summed E-state index contributed by atoms with van der Waals surface area (Å²) in [6.07, 6.45) is 7.08. The summed E-state index contributed by atoms with van der Waals surface area (Å²) in [5, 5.41) is 20.2. The van der Waals surface area contributed by atoms with Gasteiger partial charge in [-0.2, -0.15) is 5.26 Å². The van der Waals surface area contributed by atoms with E-state index in [1.54, 1.807) is 18.3 Å². The molecule has 0 atom stereocenters. The molecule has 3 heterocycles. The molecule has 0 aliphatic carbocycles. The van der Waals surface area contributed by atoms with Crippen LogP contribution in [0.4, 0.5) is 4.39 Å². The Balaban J connectivity index is 2.01. The number of halogens is 1. The second-order valence-electron chi connectivity index (χ2n) is 7.43. The highest BCUT2D eigenvalue weighted by molar-refractivity contribution is 6.10. The van der Waals surface area contributed by atoms with E-state index in [0.29, 0.717) is 35.5 Å². The van der Waals surface area contributed by atoms with E-state index in [1.165, 1.54) is 20.1 Å². The molecule has 7 heteroatoms. The molecule has 3 aromatic heterocycles. The third kappa shape index (κ3) is 4.85. The molecule has 148 valence electrons. The molecule has 0 aliphatic heterocycles. The molecule has 0 saturated carbocycles. The third-order valence-electron chi connectivity index (χ3n) is 4.45. The fourth-order valence-electron chi connectivity index (χ4n) is 2.98. The van der Waals surface area contributed by atoms with Crippen molar-refractivity contribution in [1.82, 2.24) is 19.7 Å². The number of aromatic nitrogens is 3. The minimum Gasteiger partial charge on any atom is -0.390 e. The van der Waals surface area contributed by atoms with Gasteiger partial charge in [-0.25, -0.2) is 14.4 Å². The maximum Gasteiger partial charge on any atom is 0.141 e. The molecule has 0 saturated heterocycles. The predicted octanol–water partition coefficient (Wildman–Crippen LogP) is 4.29. The fraction of sp³-hybridized carbons (Fsp3) is 0.273. The number of nitrogens with zero attached hydrogens (tertiary/aromatic N) is 4. The maximum atomic E-state index is 13.7. The molecule has 0 bridgehead atoms. The minimum atomic E-state index is -1.26. The zero-order valence-electron chi connectivity index (χ0n) is 16.7. The minimum absolute atomic E-state index is 0.291. The standard InChI is InChI=1S/C22H23FN6/c1-15-14-29-9-6-16(10-20(29)27-15)21-19(5-4-18(12-25)28-21)17(11-24)13-26-8-7-22(2,3)23/h4-6,9-11,13-14,24,26H,7-8H2,1-3H3/b17-13+,24-11?. The molecule has 2 N–H and O–H groups in total. The lowest BCUT2D eigenvalue weighted by Gasteiger charge is -2.14. The Morgan fingerprint density at radius 1 is 1.34 bits per heavy atom. The van der Waals surface area contributed by atoms with Crippen LogP contribution < -0.4 is 5.32 Å². The first-order valence-electron chi connectivity index (χ1n) is 9.31. The summed E-state index contributed by atoms with van der Waals surface area (Å²) in [5.74, 6) is 0. The van der Waals surface area contributed by atoms with E-state index >= 15 is 0 Å². The van der Waals surface area contributed by atoms with Gasteiger partial charge in [-0.1, -0.05) is 0 Å². The predicted molar refractivity (Wildman–Crippen MR) is 112 cm³/mol. The van der Waals surface area contributed by atoms with Crippen LogP contribution in [0.2, 0.25) is 0 Å². The molecule has 0 radical (unpaired) electrons. The molecule has 0 spiro atoms. The molecular weight excluding hydrogens is 367 g/mol. The first kappa shape index (κ1) is 20.2. The summed E-state index contributed by atoms with van der Waals surface area (Å²) in [4.78, 5) is 8.96. The zero-order chi connectivity index (χ0) is 21.0. The molecule has 3 aromatic rings. The van der Waals surface area contributed by atoms with E-state index in [0.717, 1.165) is 16.9 Å². The van der Waals surface area contributed by atoms with E-state index in [1.807, 2.05) is 35.9 Å². The van der Waals surface area contributed by atoms with Gasteiger partial charge in [0, 0.05) is 48.1 Å². The molecule has 29 heavy (non-hydrogen) atoms. The van der Waals surface area contributed by atoms with Crippen molar-refractivity contribution >= 4 is 17.4 Å². The van der Waals surface area contributed by atoms with Crippen LogP contribution in [0.15, 0.2) is 42.9 Å². The Kier molecular flexibility index (Phi) is 5.74. The first-order chi connectivity index (χ1) is 13.8. The molecule has 0 fully saturated rings. The van der Waals surface area contributed by atoms with Gasteiger partial charge in [-0.05, 0) is 51.5 Å². The Bertz CT molecular complexity index is 1110. The number of aryl methyl sites for hydroxylation is 1. The van der Waals surface area contributed by atoms with E-state index in [4.69, 9.17) is 5.41 Å². The lowest BCUT2D eigenvalue weighted by molar-refractivity contribution is 0.202. The third-order valence-corrected chi connectivity index (χ3v) is 4.45. The Hall–Kier alpha value is -3.53. The van der Waals surface area contributed by atoms with Crippen molar-refractivity contribution in [2.45, 2.75) is 32.9 Å². The summed E-state index contributed by atoms with van der Waals surface area (Å²) >= 11 is 0. The van der Waals surface area contributed by atoms with Gasteiger partial charge in [0.1, 0.15) is 23.1 Å². The summed E-state index contributed by atoms with van der Waals surface area (Å²) < 4.78 is 15.6. The fourth-order valence-corrected chi connectivity index (χ4v) is 2.98. The number of fused-ring (bicyclic) bond motifs is 1. The van der Waals surface area contributed by atoms with Crippen LogP contribution in [0.5, 0.6) is 0 Å². The van der Waals surface area contributed by atoms with Crippen molar-refractivity contribution in [1.29, 1.82) is 10.7 Å². The van der Waals surface area contributed by atoms with Gasteiger partial charge in [-0.3, -0.25) is 0 Å². The van der Waals surface area contributed by atoms with Gasteiger partial charge in [0.05, 0.1) is 11.4 Å². The molecule has 0 aromatic carbocycles. The number of imidazole rings is 1. The molecule has 0 unspecified atom stereocenters. The summed E-state index contributed by atoms with van der Waals surface area (Å²) in [6.45, 7) is 5.43. The number of hydrogen-bond donors (Lipinski definition) is 2. The number of nitriles is 1. The lowest BCUT2D eigenvalue weighted by Crippen LogP contribution is -2.20. The summed E-state index contributed by atoms with van der Waals surface area (Å²) in [6, 6.07) is 9.27. The SMILES string of the molecule is Cc1cn2ccc(-c3nc(C#N)ccc3/C(C=N)=C/NCCC(C)(C)F)cc2n1. The number of pyridine rings is 2. The van der Waals surface area contributed by atoms with Crippen LogP contribution in [0.3, 0.4) is 0 Å². The molecule has 0 amide bonds. The highest BCUT2D eigenvalue weighted by Gasteiger charge is 2.15. The van der Waals surface area contributed by atoms with Crippen molar-refractivity contribution in [3.05, 3.63) is 59.8 Å². The highest BCUT2D eigenvalue weighted by Crippen LogP contribution is 2.28. The van der Waals surface area contributed by atoms with Crippen LogP contribution in [0, 0.1) is 23.7 Å². The van der Waals surface area contributed by atoms with Gasteiger partial charge in [0.2, 0.25) is 0 Å². The van der Waals surface area contributed by atoms with E-state index in [9.17, 15) is 9.65 Å². The summed E-state index contributed by atoms with van der Waals surface area (Å²) in [5.41, 5.74) is 3.40. The van der Waals surface area contributed by atoms with Crippen LogP contribution >= 0.6 is 0 Å².